The Morgan fingerprint density at radius 3 is 2.31 bits per heavy atom. The summed E-state index contributed by atoms with van der Waals surface area (Å²) in [5.74, 6) is 1.31. The Hall–Kier alpha value is -3.17. The summed E-state index contributed by atoms with van der Waals surface area (Å²) in [6, 6.07) is 32.5. The van der Waals surface area contributed by atoms with E-state index in [0.717, 1.165) is 16.7 Å². The lowest BCUT2D eigenvalue weighted by Crippen LogP contribution is -2.07. The average Bonchev–Trinajstić information content (AvgIpc) is 3.19. The van der Waals surface area contributed by atoms with E-state index < -0.39 is 0 Å². The highest BCUT2D eigenvalue weighted by Crippen LogP contribution is 2.32. The number of hydrogen-bond donors (Lipinski definition) is 0. The van der Waals surface area contributed by atoms with Crippen LogP contribution in [0, 0.1) is 6.92 Å². The summed E-state index contributed by atoms with van der Waals surface area (Å²) in [6.45, 7) is 4.38. The van der Waals surface area contributed by atoms with Gasteiger partial charge >= 0.3 is 0 Å². The lowest BCUT2D eigenvalue weighted by molar-refractivity contribution is 0.711. The van der Waals surface area contributed by atoms with Crippen LogP contribution in [0.1, 0.15) is 29.7 Å². The zero-order chi connectivity index (χ0) is 22.1. The Morgan fingerprint density at radius 1 is 0.844 bits per heavy atom. The summed E-state index contributed by atoms with van der Waals surface area (Å²) in [4.78, 5) is 4.74. The molecule has 5 aromatic rings. The van der Waals surface area contributed by atoms with E-state index in [9.17, 15) is 0 Å². The maximum absolute atomic E-state index is 4.74. The Kier molecular flexibility index (Phi) is 5.67. The number of halogens is 1. The Bertz CT molecular complexity index is 1350. The lowest BCUT2D eigenvalue weighted by atomic mass is 9.96. The monoisotopic (exact) mass is 480 g/mol. The predicted molar refractivity (Wildman–Crippen MR) is 138 cm³/mol. The van der Waals surface area contributed by atoms with Gasteiger partial charge in [-0.3, -0.25) is 4.57 Å². The molecular formula is C29H25BrN2. The number of aryl methyl sites for hydroxylation is 1. The molecule has 0 aliphatic heterocycles. The standard InChI is InChI=1S/C29H25BrN2/c1-20-8-15-29(31-19-20)32-27-14-13-26(30)17-25(27)18-28(32)21(2)16-22-9-11-24(12-10-22)23-6-4-3-5-7-23/h3-15,17-19,21H,16H2,1-2H3/t21-/m1/s1. The van der Waals surface area contributed by atoms with Gasteiger partial charge in [-0.2, -0.15) is 0 Å². The minimum absolute atomic E-state index is 0.340. The first kappa shape index (κ1) is 20.7. The summed E-state index contributed by atoms with van der Waals surface area (Å²) >= 11 is 3.62. The quantitative estimate of drug-likeness (QED) is 0.248. The molecule has 2 aromatic heterocycles. The molecule has 2 heterocycles. The largest absolute Gasteiger partial charge is 0.298 e. The minimum Gasteiger partial charge on any atom is -0.298 e. The van der Waals surface area contributed by atoms with E-state index in [2.05, 4.69) is 125 Å². The predicted octanol–water partition coefficient (Wildman–Crippen LogP) is 8.11. The molecule has 0 amide bonds. The Labute approximate surface area is 197 Å². The number of hydrogen-bond acceptors (Lipinski definition) is 1. The third kappa shape index (κ3) is 4.13. The second-order valence-electron chi connectivity index (χ2n) is 8.47. The smallest absolute Gasteiger partial charge is 0.137 e. The van der Waals surface area contributed by atoms with Crippen molar-refractivity contribution < 1.29 is 0 Å². The summed E-state index contributed by atoms with van der Waals surface area (Å²) < 4.78 is 3.40. The summed E-state index contributed by atoms with van der Waals surface area (Å²) in [5, 5.41) is 1.23. The SMILES string of the molecule is Cc1ccc(-n2c([C@H](C)Cc3ccc(-c4ccccc4)cc3)cc3cc(Br)ccc32)nc1. The van der Waals surface area contributed by atoms with Crippen molar-refractivity contribution in [1.82, 2.24) is 9.55 Å². The van der Waals surface area contributed by atoms with Crippen molar-refractivity contribution >= 4 is 26.8 Å². The van der Waals surface area contributed by atoms with Crippen LogP contribution in [0.2, 0.25) is 0 Å². The van der Waals surface area contributed by atoms with E-state index in [-0.39, 0.29) is 0 Å². The molecule has 3 aromatic carbocycles. The van der Waals surface area contributed by atoms with Crippen LogP contribution in [0.15, 0.2) is 102 Å². The highest BCUT2D eigenvalue weighted by molar-refractivity contribution is 9.10. The molecule has 0 saturated heterocycles. The molecule has 3 heteroatoms. The van der Waals surface area contributed by atoms with Crippen LogP contribution >= 0.6 is 15.9 Å². The molecule has 0 aliphatic carbocycles. The van der Waals surface area contributed by atoms with Gasteiger partial charge in [-0.25, -0.2) is 4.98 Å². The maximum Gasteiger partial charge on any atom is 0.137 e. The summed E-state index contributed by atoms with van der Waals surface area (Å²) in [6.07, 6.45) is 2.91. The van der Waals surface area contributed by atoms with Gasteiger partial charge < -0.3 is 0 Å². The molecule has 0 N–H and O–H groups in total. The molecule has 0 radical (unpaired) electrons. The van der Waals surface area contributed by atoms with E-state index in [1.165, 1.54) is 38.9 Å². The fraction of sp³-hybridized carbons (Fsp3) is 0.138. The van der Waals surface area contributed by atoms with Gasteiger partial charge in [-0.1, -0.05) is 83.5 Å². The molecule has 1 atom stereocenters. The van der Waals surface area contributed by atoms with Crippen molar-refractivity contribution in [2.24, 2.45) is 0 Å². The van der Waals surface area contributed by atoms with Gasteiger partial charge in [0.05, 0.1) is 5.52 Å². The zero-order valence-corrected chi connectivity index (χ0v) is 19.9. The van der Waals surface area contributed by atoms with Crippen LogP contribution in [0.5, 0.6) is 0 Å². The van der Waals surface area contributed by atoms with Crippen molar-refractivity contribution in [1.29, 1.82) is 0 Å². The van der Waals surface area contributed by atoms with E-state index in [0.29, 0.717) is 5.92 Å². The lowest BCUT2D eigenvalue weighted by Gasteiger charge is -2.16. The molecule has 0 bridgehead atoms. The first-order chi connectivity index (χ1) is 15.6. The molecular weight excluding hydrogens is 456 g/mol. The van der Waals surface area contributed by atoms with Gasteiger partial charge in [0.25, 0.3) is 0 Å². The fourth-order valence-electron chi connectivity index (χ4n) is 4.34. The van der Waals surface area contributed by atoms with Gasteiger partial charge in [0, 0.05) is 27.7 Å². The van der Waals surface area contributed by atoms with Gasteiger partial charge in [-0.15, -0.1) is 0 Å². The van der Waals surface area contributed by atoms with Gasteiger partial charge in [0.15, 0.2) is 0 Å². The van der Waals surface area contributed by atoms with Crippen molar-refractivity contribution in [3.8, 4) is 16.9 Å². The summed E-state index contributed by atoms with van der Waals surface area (Å²) in [7, 11) is 0. The highest BCUT2D eigenvalue weighted by Gasteiger charge is 2.17. The van der Waals surface area contributed by atoms with Crippen molar-refractivity contribution in [2.45, 2.75) is 26.2 Å². The molecule has 32 heavy (non-hydrogen) atoms. The molecule has 0 spiro atoms. The number of aromatic nitrogens is 2. The van der Waals surface area contributed by atoms with Gasteiger partial charge in [0.1, 0.15) is 5.82 Å². The Balaban J connectivity index is 1.50. The van der Waals surface area contributed by atoms with E-state index in [1.54, 1.807) is 0 Å². The number of nitrogens with zero attached hydrogens (tertiary/aromatic N) is 2. The molecule has 158 valence electrons. The number of fused-ring (bicyclic) bond motifs is 1. The second kappa shape index (κ2) is 8.76. The van der Waals surface area contributed by atoms with Crippen molar-refractivity contribution in [2.75, 3.05) is 0 Å². The van der Waals surface area contributed by atoms with Crippen LogP contribution in [0.3, 0.4) is 0 Å². The number of rotatable bonds is 5. The molecule has 0 fully saturated rings. The van der Waals surface area contributed by atoms with Crippen LogP contribution in [-0.2, 0) is 6.42 Å². The van der Waals surface area contributed by atoms with Crippen LogP contribution in [0.25, 0.3) is 27.8 Å². The van der Waals surface area contributed by atoms with E-state index >= 15 is 0 Å². The van der Waals surface area contributed by atoms with Crippen LogP contribution < -0.4 is 0 Å². The molecule has 0 aliphatic rings. The minimum atomic E-state index is 0.340. The maximum atomic E-state index is 4.74. The Morgan fingerprint density at radius 2 is 1.59 bits per heavy atom. The van der Waals surface area contributed by atoms with E-state index in [4.69, 9.17) is 4.98 Å². The average molecular weight is 481 g/mol. The molecule has 5 rings (SSSR count). The number of benzene rings is 3. The molecule has 0 unspecified atom stereocenters. The highest BCUT2D eigenvalue weighted by atomic mass is 79.9. The van der Waals surface area contributed by atoms with Crippen molar-refractivity contribution in [3.05, 3.63) is 118 Å². The molecule has 2 nitrogen and oxygen atoms in total. The first-order valence-corrected chi connectivity index (χ1v) is 11.8. The number of pyridine rings is 1. The summed E-state index contributed by atoms with van der Waals surface area (Å²) in [5.41, 5.74) is 7.48. The third-order valence-corrected chi connectivity index (χ3v) is 6.52. The van der Waals surface area contributed by atoms with Crippen LogP contribution in [-0.4, -0.2) is 9.55 Å². The van der Waals surface area contributed by atoms with E-state index in [1.807, 2.05) is 6.20 Å². The van der Waals surface area contributed by atoms with Crippen molar-refractivity contribution in [3.63, 3.8) is 0 Å². The van der Waals surface area contributed by atoms with Crippen LogP contribution in [0.4, 0.5) is 0 Å². The second-order valence-corrected chi connectivity index (χ2v) is 9.39. The third-order valence-electron chi connectivity index (χ3n) is 6.02. The normalized spacial score (nSPS) is 12.2. The van der Waals surface area contributed by atoms with Gasteiger partial charge in [0.2, 0.25) is 0 Å². The first-order valence-electron chi connectivity index (χ1n) is 11.0. The molecule has 0 saturated carbocycles. The topological polar surface area (TPSA) is 17.8 Å². The fourth-order valence-corrected chi connectivity index (χ4v) is 4.72. The zero-order valence-electron chi connectivity index (χ0n) is 18.3. The van der Waals surface area contributed by atoms with Gasteiger partial charge in [-0.05, 0) is 65.9 Å².